The number of carbonyl (C=O) groups excluding carboxylic acids is 1. The Labute approximate surface area is 241 Å². The Kier molecular flexibility index (Phi) is 6.24. The van der Waals surface area contributed by atoms with Gasteiger partial charge in [-0.3, -0.25) is 0 Å². The summed E-state index contributed by atoms with van der Waals surface area (Å²) in [5.74, 6) is 1.95. The first-order valence-corrected chi connectivity index (χ1v) is 15.9. The third-order valence-corrected chi connectivity index (χ3v) is 14.4. The van der Waals surface area contributed by atoms with Gasteiger partial charge in [0.15, 0.2) is 0 Å². The zero-order valence-electron chi connectivity index (χ0n) is 25.7. The molecule has 1 N–H and O–H groups in total. The molecule has 3 nitrogen and oxygen atoms in total. The summed E-state index contributed by atoms with van der Waals surface area (Å²) in [4.78, 5) is 24.2. The summed E-state index contributed by atoms with van der Waals surface area (Å²) >= 11 is 0. The van der Waals surface area contributed by atoms with Crippen LogP contribution in [0.25, 0.3) is 5.57 Å². The zero-order chi connectivity index (χ0) is 28.9. The van der Waals surface area contributed by atoms with Crippen molar-refractivity contribution in [1.82, 2.24) is 0 Å². The number of aromatic carboxylic acids is 1. The Morgan fingerprint density at radius 2 is 1.60 bits per heavy atom. The molecule has 0 unspecified atom stereocenters. The molecule has 6 rings (SSSR count). The number of rotatable bonds is 4. The van der Waals surface area contributed by atoms with E-state index in [2.05, 4.69) is 54.2 Å². The molecule has 0 radical (unpaired) electrons. The lowest BCUT2D eigenvalue weighted by atomic mass is 9.32. The van der Waals surface area contributed by atoms with Crippen LogP contribution in [-0.2, 0) is 4.79 Å². The van der Waals surface area contributed by atoms with Gasteiger partial charge < -0.3 is 9.90 Å². The Balaban J connectivity index is 1.37. The molecule has 40 heavy (non-hydrogen) atoms. The van der Waals surface area contributed by atoms with Crippen LogP contribution in [0.5, 0.6) is 0 Å². The first-order valence-electron chi connectivity index (χ1n) is 15.9. The van der Waals surface area contributed by atoms with E-state index in [0.29, 0.717) is 35.2 Å². The minimum atomic E-state index is -0.869. The van der Waals surface area contributed by atoms with Gasteiger partial charge in [0.05, 0.1) is 5.56 Å². The van der Waals surface area contributed by atoms with Crippen LogP contribution in [0.3, 0.4) is 0 Å². The fraction of sp³-hybridized carbons (Fsp3) is 0.676. The van der Waals surface area contributed by atoms with Crippen LogP contribution in [0, 0.1) is 56.7 Å². The fourth-order valence-electron chi connectivity index (χ4n) is 12.3. The topological polar surface area (TPSA) is 54.4 Å². The van der Waals surface area contributed by atoms with Crippen molar-refractivity contribution in [3.63, 3.8) is 0 Å². The summed E-state index contributed by atoms with van der Waals surface area (Å²) in [6, 6.07) is 7.54. The van der Waals surface area contributed by atoms with Crippen LogP contribution < -0.4 is 0 Å². The molecule has 0 saturated heterocycles. The molecule has 1 aromatic rings. The number of fused-ring (bicyclic) bond motifs is 7. The Morgan fingerprint density at radius 3 is 2.23 bits per heavy atom. The Hall–Kier alpha value is -2.16. The number of allylic oxidation sites excluding steroid dienone is 3. The van der Waals surface area contributed by atoms with Gasteiger partial charge in [-0.25, -0.2) is 4.79 Å². The number of hydrogen-bond acceptors (Lipinski definition) is 2. The molecule has 0 aromatic heterocycles. The lowest BCUT2D eigenvalue weighted by Crippen LogP contribution is -2.65. The molecule has 9 atom stereocenters. The zero-order valence-corrected chi connectivity index (χ0v) is 25.7. The van der Waals surface area contributed by atoms with E-state index < -0.39 is 5.97 Å². The van der Waals surface area contributed by atoms with E-state index >= 15 is 0 Å². The lowest BCUT2D eigenvalue weighted by Gasteiger charge is -2.72. The molecule has 0 heterocycles. The second kappa shape index (κ2) is 8.92. The molecule has 5 aliphatic rings. The molecule has 216 valence electrons. The van der Waals surface area contributed by atoms with Gasteiger partial charge in [0.1, 0.15) is 6.29 Å². The number of carboxylic acids is 1. The van der Waals surface area contributed by atoms with Crippen LogP contribution in [0.1, 0.15) is 115 Å². The summed E-state index contributed by atoms with van der Waals surface area (Å²) in [5, 5.41) is 9.40. The van der Waals surface area contributed by atoms with Gasteiger partial charge in [0.25, 0.3) is 0 Å². The first kappa shape index (κ1) is 28.0. The number of carboxylic acid groups (broad SMARTS) is 1. The van der Waals surface area contributed by atoms with Crippen LogP contribution in [0.2, 0.25) is 0 Å². The first-order chi connectivity index (χ1) is 18.7. The van der Waals surface area contributed by atoms with Gasteiger partial charge >= 0.3 is 5.97 Å². The summed E-state index contributed by atoms with van der Waals surface area (Å²) in [5.41, 5.74) is 4.85. The third kappa shape index (κ3) is 3.48. The van der Waals surface area contributed by atoms with Crippen molar-refractivity contribution in [3.05, 3.63) is 53.6 Å². The molecule has 0 amide bonds. The number of benzene rings is 1. The SMILES string of the molecule is C=C(C)[C@@H]1CC[C@]2(C=O)CC[C@]3(C)[C@H](CC[C@@H]4[C@@]5(C)CC=C(c6ccc(C(=O)O)cc6)C(C)(C)[C@@H]5CC[C@]43C)[C@@H]12. The minimum Gasteiger partial charge on any atom is -0.478 e. The van der Waals surface area contributed by atoms with E-state index in [1.165, 1.54) is 55.1 Å². The Bertz CT molecular complexity index is 1270. The van der Waals surface area contributed by atoms with E-state index in [4.69, 9.17) is 0 Å². The van der Waals surface area contributed by atoms with Crippen LogP contribution >= 0.6 is 0 Å². The molecule has 3 heteroatoms. The van der Waals surface area contributed by atoms with E-state index in [-0.39, 0.29) is 27.1 Å². The molecular formula is C37H50O3. The molecular weight excluding hydrogens is 492 g/mol. The van der Waals surface area contributed by atoms with Gasteiger partial charge in [-0.15, -0.1) is 0 Å². The van der Waals surface area contributed by atoms with Crippen molar-refractivity contribution in [2.24, 2.45) is 56.7 Å². The van der Waals surface area contributed by atoms with Gasteiger partial charge in [-0.05, 0) is 139 Å². The molecule has 1 aromatic carbocycles. The smallest absolute Gasteiger partial charge is 0.335 e. The average molecular weight is 543 g/mol. The largest absolute Gasteiger partial charge is 0.478 e. The lowest BCUT2D eigenvalue weighted by molar-refractivity contribution is -0.223. The van der Waals surface area contributed by atoms with Gasteiger partial charge in [-0.2, -0.15) is 0 Å². The highest BCUT2D eigenvalue weighted by Gasteiger charge is 2.70. The molecule has 0 spiro atoms. The van der Waals surface area contributed by atoms with Gasteiger partial charge in [-0.1, -0.05) is 65.0 Å². The number of hydrogen-bond donors (Lipinski definition) is 1. The summed E-state index contributed by atoms with van der Waals surface area (Å²) in [7, 11) is 0. The second-order valence-corrected chi connectivity index (χ2v) is 16.0. The normalized spacial score (nSPS) is 45.2. The molecule has 0 bridgehead atoms. The highest BCUT2D eigenvalue weighted by molar-refractivity contribution is 5.88. The number of carbonyl (C=O) groups is 2. The van der Waals surface area contributed by atoms with Gasteiger partial charge in [0, 0.05) is 5.41 Å². The minimum absolute atomic E-state index is 0.0204. The summed E-state index contributed by atoms with van der Waals surface area (Å²) in [6.45, 7) is 19.4. The van der Waals surface area contributed by atoms with E-state index in [1.54, 1.807) is 12.1 Å². The third-order valence-electron chi connectivity index (χ3n) is 14.4. The predicted molar refractivity (Wildman–Crippen MR) is 162 cm³/mol. The fourth-order valence-corrected chi connectivity index (χ4v) is 12.3. The van der Waals surface area contributed by atoms with Crippen molar-refractivity contribution in [2.45, 2.75) is 99.3 Å². The maximum atomic E-state index is 12.7. The average Bonchev–Trinajstić information content (AvgIpc) is 3.29. The van der Waals surface area contributed by atoms with Crippen molar-refractivity contribution in [2.75, 3.05) is 0 Å². The standard InChI is InChI=1S/C37H50O3/c1-23(2)26-14-19-37(22-38)21-20-35(6)28(31(26)37)12-13-30-34(5)17-15-27(24-8-10-25(11-9-24)32(39)40)33(3,4)29(34)16-18-36(30,35)7/h8-11,15,22,26,28-31H,1,12-14,16-21H2,2-7H3,(H,39,40)/t26-,28+,29-,30+,31+,34-,35+,36+,37+/m0/s1. The summed E-state index contributed by atoms with van der Waals surface area (Å²) < 4.78 is 0. The van der Waals surface area contributed by atoms with Gasteiger partial charge in [0.2, 0.25) is 0 Å². The molecule has 4 saturated carbocycles. The molecule has 4 fully saturated rings. The maximum Gasteiger partial charge on any atom is 0.335 e. The van der Waals surface area contributed by atoms with Crippen molar-refractivity contribution < 1.29 is 14.7 Å². The Morgan fingerprint density at radius 1 is 0.900 bits per heavy atom. The number of aldehydes is 1. The molecule has 5 aliphatic carbocycles. The second-order valence-electron chi connectivity index (χ2n) is 16.0. The van der Waals surface area contributed by atoms with Crippen LogP contribution in [0.15, 0.2) is 42.5 Å². The maximum absolute atomic E-state index is 12.7. The quantitative estimate of drug-likeness (QED) is 0.305. The van der Waals surface area contributed by atoms with Crippen molar-refractivity contribution in [1.29, 1.82) is 0 Å². The van der Waals surface area contributed by atoms with Crippen molar-refractivity contribution >= 4 is 17.8 Å². The van der Waals surface area contributed by atoms with E-state index in [9.17, 15) is 14.7 Å². The highest BCUT2D eigenvalue weighted by atomic mass is 16.4. The predicted octanol–water partition coefficient (Wildman–Crippen LogP) is 9.23. The van der Waals surface area contributed by atoms with E-state index in [1.807, 2.05) is 12.1 Å². The van der Waals surface area contributed by atoms with Crippen molar-refractivity contribution in [3.8, 4) is 0 Å². The highest BCUT2D eigenvalue weighted by Crippen LogP contribution is 2.77. The van der Waals surface area contributed by atoms with Crippen LogP contribution in [0.4, 0.5) is 0 Å². The monoisotopic (exact) mass is 542 g/mol. The van der Waals surface area contributed by atoms with Crippen LogP contribution in [-0.4, -0.2) is 17.4 Å². The van der Waals surface area contributed by atoms with E-state index in [0.717, 1.165) is 25.7 Å². The summed E-state index contributed by atoms with van der Waals surface area (Å²) in [6.07, 6.45) is 14.4. The molecule has 0 aliphatic heterocycles.